The quantitative estimate of drug-likeness (QED) is 0.546. The molecule has 1 rings (SSSR count). The second kappa shape index (κ2) is 4.06. The molecule has 13 heavy (non-hydrogen) atoms. The van der Waals surface area contributed by atoms with Crippen LogP contribution >= 0.6 is 58.5 Å². The van der Waals surface area contributed by atoms with Crippen LogP contribution in [0.4, 0.5) is 4.79 Å². The molecule has 0 aliphatic carbocycles. The zero-order valence-corrected chi connectivity index (χ0v) is 10.2. The van der Waals surface area contributed by atoms with Gasteiger partial charge in [0.25, 0.3) is 14.3 Å². The van der Waals surface area contributed by atoms with Crippen LogP contribution in [0.25, 0.3) is 0 Å². The first-order chi connectivity index (χ1) is 5.81. The first-order valence-corrected chi connectivity index (χ1v) is 5.90. The molecule has 1 atom stereocenters. The van der Waals surface area contributed by atoms with Crippen LogP contribution in [-0.4, -0.2) is 23.8 Å². The Hall–Kier alpha value is 0.710. The maximum absolute atomic E-state index is 11.3. The van der Waals surface area contributed by atoms with Crippen molar-refractivity contribution in [3.63, 3.8) is 0 Å². The van der Waals surface area contributed by atoms with Gasteiger partial charge in [-0.25, -0.2) is 4.31 Å². The number of amides is 2. The van der Waals surface area contributed by atoms with Crippen molar-refractivity contribution in [2.45, 2.75) is 15.3 Å². The Bertz CT molecular complexity index is 255. The molecule has 0 radical (unpaired) electrons. The molecule has 0 bridgehead atoms. The minimum absolute atomic E-state index is 0.341. The number of carbonyl (C=O) groups excluding carboxylic acids is 2. The fraction of sp³-hybridized carbons (Fsp3) is 0.600. The lowest BCUT2D eigenvalue weighted by Crippen LogP contribution is -2.26. The number of hydrogen-bond donors (Lipinski definition) is 0. The smallest absolute Gasteiger partial charge is 0.272 e. The lowest BCUT2D eigenvalue weighted by Gasteiger charge is -2.16. The fourth-order valence-corrected chi connectivity index (χ4v) is 2.84. The van der Waals surface area contributed by atoms with E-state index in [0.29, 0.717) is 11.9 Å². The van der Waals surface area contributed by atoms with Crippen molar-refractivity contribution < 1.29 is 9.59 Å². The molecule has 0 spiro atoms. The highest BCUT2D eigenvalue weighted by Gasteiger charge is 2.41. The zero-order valence-electron chi connectivity index (χ0n) is 6.29. The third-order valence-electron chi connectivity index (χ3n) is 1.19. The summed E-state index contributed by atoms with van der Waals surface area (Å²) in [6, 6.07) is 0. The first kappa shape index (κ1) is 11.8. The molecule has 1 fully saturated rings. The number of alkyl halides is 3. The number of carbonyl (C=O) groups is 2. The van der Waals surface area contributed by atoms with Crippen LogP contribution in [0.1, 0.15) is 6.92 Å². The van der Waals surface area contributed by atoms with Gasteiger partial charge in [0.2, 0.25) is 0 Å². The van der Waals surface area contributed by atoms with E-state index in [9.17, 15) is 9.59 Å². The minimum Gasteiger partial charge on any atom is -0.272 e. The van der Waals surface area contributed by atoms with Gasteiger partial charge in [0, 0.05) is 11.9 Å². The SMILES string of the molecule is CC1SC(=O)N(SC(Cl)(Cl)Cl)C1=O. The van der Waals surface area contributed by atoms with E-state index in [4.69, 9.17) is 34.8 Å². The van der Waals surface area contributed by atoms with Crippen molar-refractivity contribution in [3.8, 4) is 0 Å². The predicted octanol–water partition coefficient (Wildman–Crippen LogP) is 3.05. The summed E-state index contributed by atoms with van der Waals surface area (Å²) in [7, 11) is 0. The molecule has 74 valence electrons. The fourth-order valence-electron chi connectivity index (χ4n) is 0.690. The molecule has 0 aromatic heterocycles. The Kier molecular flexibility index (Phi) is 3.68. The highest BCUT2D eigenvalue weighted by molar-refractivity contribution is 8.17. The number of halogens is 3. The zero-order chi connectivity index (χ0) is 10.2. The summed E-state index contributed by atoms with van der Waals surface area (Å²) in [6.07, 6.45) is 0. The van der Waals surface area contributed by atoms with Gasteiger partial charge in [0.05, 0.1) is 5.25 Å². The van der Waals surface area contributed by atoms with Gasteiger partial charge in [-0.3, -0.25) is 9.59 Å². The minimum atomic E-state index is -1.68. The molecule has 1 saturated heterocycles. The molecule has 8 heteroatoms. The third kappa shape index (κ3) is 3.09. The highest BCUT2D eigenvalue weighted by atomic mass is 35.6. The summed E-state index contributed by atoms with van der Waals surface area (Å²) >= 11 is 17.8. The topological polar surface area (TPSA) is 37.4 Å². The number of nitrogens with zero attached hydrogens (tertiary/aromatic N) is 1. The maximum Gasteiger partial charge on any atom is 0.299 e. The van der Waals surface area contributed by atoms with E-state index in [1.54, 1.807) is 6.92 Å². The summed E-state index contributed by atoms with van der Waals surface area (Å²) in [6.45, 7) is 1.63. The normalized spacial score (nSPS) is 24.3. The van der Waals surface area contributed by atoms with Crippen LogP contribution in [0, 0.1) is 0 Å². The van der Waals surface area contributed by atoms with Gasteiger partial charge in [-0.2, -0.15) is 0 Å². The summed E-state index contributed by atoms with van der Waals surface area (Å²) in [5.41, 5.74) is 0. The Balaban J connectivity index is 2.70. The van der Waals surface area contributed by atoms with Crippen molar-refractivity contribution >= 4 is 69.7 Å². The second-order valence-corrected chi connectivity index (χ2v) is 7.60. The molecule has 1 unspecified atom stereocenters. The van der Waals surface area contributed by atoms with Crippen molar-refractivity contribution in [2.75, 3.05) is 0 Å². The van der Waals surface area contributed by atoms with E-state index >= 15 is 0 Å². The van der Waals surface area contributed by atoms with E-state index in [0.717, 1.165) is 16.1 Å². The van der Waals surface area contributed by atoms with Gasteiger partial charge in [-0.15, -0.1) is 0 Å². The first-order valence-electron chi connectivity index (χ1n) is 3.11. The third-order valence-corrected chi connectivity index (χ3v) is 3.60. The summed E-state index contributed by atoms with van der Waals surface area (Å²) < 4.78 is -0.807. The van der Waals surface area contributed by atoms with E-state index < -0.39 is 13.6 Å². The van der Waals surface area contributed by atoms with E-state index in [-0.39, 0.29) is 5.91 Å². The van der Waals surface area contributed by atoms with Gasteiger partial charge in [-0.1, -0.05) is 46.6 Å². The molecule has 2 amide bonds. The van der Waals surface area contributed by atoms with Gasteiger partial charge in [0.1, 0.15) is 0 Å². The van der Waals surface area contributed by atoms with Crippen molar-refractivity contribution in [1.82, 2.24) is 4.31 Å². The standard InChI is InChI=1S/C5H4Cl3NO2S2/c1-2-3(10)9(4(11)12-2)13-5(6,7)8/h2H,1H3. The van der Waals surface area contributed by atoms with Crippen LogP contribution in [0.3, 0.4) is 0 Å². The number of hydrogen-bond acceptors (Lipinski definition) is 4. The van der Waals surface area contributed by atoms with Crippen molar-refractivity contribution in [1.29, 1.82) is 0 Å². The van der Waals surface area contributed by atoms with Gasteiger partial charge < -0.3 is 0 Å². The van der Waals surface area contributed by atoms with Crippen LogP contribution in [0.2, 0.25) is 0 Å². The van der Waals surface area contributed by atoms with Gasteiger partial charge >= 0.3 is 0 Å². The summed E-state index contributed by atoms with van der Waals surface area (Å²) in [5.74, 6) is -0.341. The summed E-state index contributed by atoms with van der Waals surface area (Å²) in [4.78, 5) is 22.4. The van der Waals surface area contributed by atoms with Crippen LogP contribution in [0.15, 0.2) is 0 Å². The average Bonchev–Trinajstić information content (AvgIpc) is 2.14. The number of imide groups is 1. The Morgan fingerprint density at radius 2 is 2.00 bits per heavy atom. The lowest BCUT2D eigenvalue weighted by atomic mass is 10.4. The average molecular weight is 281 g/mol. The number of rotatable bonds is 1. The molecule has 1 aliphatic rings. The largest absolute Gasteiger partial charge is 0.299 e. The molecule has 1 heterocycles. The van der Waals surface area contributed by atoms with E-state index in [1.165, 1.54) is 0 Å². The van der Waals surface area contributed by atoms with Crippen LogP contribution in [-0.2, 0) is 4.79 Å². The maximum atomic E-state index is 11.3. The molecular formula is C5H4Cl3NO2S2. The van der Waals surface area contributed by atoms with Gasteiger partial charge in [-0.05, 0) is 6.92 Å². The van der Waals surface area contributed by atoms with Crippen LogP contribution in [0.5, 0.6) is 0 Å². The Morgan fingerprint density at radius 3 is 2.31 bits per heavy atom. The molecule has 0 N–H and O–H groups in total. The molecule has 0 saturated carbocycles. The van der Waals surface area contributed by atoms with E-state index in [1.807, 2.05) is 0 Å². The molecule has 0 aromatic rings. The highest BCUT2D eigenvalue weighted by Crippen LogP contribution is 2.45. The van der Waals surface area contributed by atoms with Crippen molar-refractivity contribution in [2.24, 2.45) is 0 Å². The molecular weight excluding hydrogens is 277 g/mol. The van der Waals surface area contributed by atoms with Crippen molar-refractivity contribution in [3.05, 3.63) is 0 Å². The lowest BCUT2D eigenvalue weighted by molar-refractivity contribution is -0.122. The number of thioether (sulfide) groups is 1. The van der Waals surface area contributed by atoms with Gasteiger partial charge in [0.15, 0.2) is 0 Å². The summed E-state index contributed by atoms with van der Waals surface area (Å²) in [5, 5.41) is -0.791. The Labute approximate surface area is 98.6 Å². The Morgan fingerprint density at radius 1 is 1.46 bits per heavy atom. The van der Waals surface area contributed by atoms with Crippen LogP contribution < -0.4 is 0 Å². The second-order valence-electron chi connectivity index (χ2n) is 2.20. The molecule has 0 aromatic carbocycles. The predicted molar refractivity (Wildman–Crippen MR) is 57.2 cm³/mol. The monoisotopic (exact) mass is 279 g/mol. The molecule has 1 aliphatic heterocycles. The molecule has 3 nitrogen and oxygen atoms in total. The van der Waals surface area contributed by atoms with E-state index in [2.05, 4.69) is 0 Å².